The number of methoxy groups -OCH3 is 2. The lowest BCUT2D eigenvalue weighted by molar-refractivity contribution is 0.0954. The molecule has 1 aliphatic rings. The monoisotopic (exact) mass is 384 g/mol. The van der Waals surface area contributed by atoms with E-state index < -0.39 is 0 Å². The molecule has 0 atom stereocenters. The maximum atomic E-state index is 12.3. The van der Waals surface area contributed by atoms with Gasteiger partial charge in [0.2, 0.25) is 0 Å². The van der Waals surface area contributed by atoms with E-state index >= 15 is 0 Å². The van der Waals surface area contributed by atoms with Crippen LogP contribution in [0.15, 0.2) is 41.5 Å². The van der Waals surface area contributed by atoms with Gasteiger partial charge < -0.3 is 18.9 Å². The Kier molecular flexibility index (Phi) is 5.73. The summed E-state index contributed by atoms with van der Waals surface area (Å²) in [6, 6.07) is 10.4. The smallest absolute Gasteiger partial charge is 0.271 e. The summed E-state index contributed by atoms with van der Waals surface area (Å²) in [7, 11) is 3.06. The Morgan fingerprint density at radius 3 is 2.46 bits per heavy atom. The minimum Gasteiger partial charge on any atom is -0.493 e. The summed E-state index contributed by atoms with van der Waals surface area (Å²) in [4.78, 5) is 12.3. The molecule has 0 aromatic heterocycles. The summed E-state index contributed by atoms with van der Waals surface area (Å²) in [6.07, 6.45) is 1.55. The predicted molar refractivity (Wildman–Crippen MR) is 106 cm³/mol. The van der Waals surface area contributed by atoms with Crippen LogP contribution in [0.4, 0.5) is 0 Å². The average molecular weight is 384 g/mol. The highest BCUT2D eigenvalue weighted by molar-refractivity contribution is 5.95. The van der Waals surface area contributed by atoms with Crippen molar-refractivity contribution < 1.29 is 23.7 Å². The summed E-state index contributed by atoms with van der Waals surface area (Å²) in [5.74, 6) is 2.05. The number of benzene rings is 2. The number of carbonyl (C=O) groups is 1. The number of fused-ring (bicyclic) bond motifs is 1. The largest absolute Gasteiger partial charge is 0.493 e. The van der Waals surface area contributed by atoms with E-state index in [1.165, 1.54) is 14.2 Å². The van der Waals surface area contributed by atoms with E-state index in [9.17, 15) is 4.79 Å². The van der Waals surface area contributed by atoms with Gasteiger partial charge in [-0.3, -0.25) is 4.79 Å². The van der Waals surface area contributed by atoms with E-state index in [-0.39, 0.29) is 11.3 Å². The van der Waals surface area contributed by atoms with Gasteiger partial charge in [0, 0.05) is 11.0 Å². The van der Waals surface area contributed by atoms with Gasteiger partial charge in [0.25, 0.3) is 5.91 Å². The predicted octanol–water partition coefficient (Wildman–Crippen LogP) is 3.27. The van der Waals surface area contributed by atoms with Gasteiger partial charge in [0.1, 0.15) is 0 Å². The first-order valence-corrected chi connectivity index (χ1v) is 8.87. The van der Waals surface area contributed by atoms with E-state index in [4.69, 9.17) is 18.9 Å². The van der Waals surface area contributed by atoms with Crippen molar-refractivity contribution in [2.75, 3.05) is 27.4 Å². The van der Waals surface area contributed by atoms with Gasteiger partial charge in [-0.05, 0) is 42.0 Å². The summed E-state index contributed by atoms with van der Waals surface area (Å²) in [5, 5.41) is 4.02. The number of hydrazone groups is 1. The van der Waals surface area contributed by atoms with Gasteiger partial charge in [0.15, 0.2) is 23.0 Å². The molecule has 2 aromatic carbocycles. The number of rotatable bonds is 5. The van der Waals surface area contributed by atoms with E-state index in [0.29, 0.717) is 41.8 Å². The first-order valence-electron chi connectivity index (χ1n) is 8.87. The number of amides is 1. The van der Waals surface area contributed by atoms with E-state index in [1.54, 1.807) is 24.4 Å². The average Bonchev–Trinajstić information content (AvgIpc) is 2.85. The number of nitrogens with zero attached hydrogens (tertiary/aromatic N) is 1. The van der Waals surface area contributed by atoms with E-state index in [2.05, 4.69) is 24.4 Å². The Balaban J connectivity index is 1.67. The highest BCUT2D eigenvalue weighted by Crippen LogP contribution is 2.34. The highest BCUT2D eigenvalue weighted by Gasteiger charge is 2.25. The van der Waals surface area contributed by atoms with Gasteiger partial charge >= 0.3 is 0 Å². The first kappa shape index (κ1) is 19.5. The van der Waals surface area contributed by atoms with Gasteiger partial charge in [-0.1, -0.05) is 13.8 Å². The molecule has 148 valence electrons. The normalized spacial score (nSPS) is 15.0. The van der Waals surface area contributed by atoms with Crippen LogP contribution >= 0.6 is 0 Å². The van der Waals surface area contributed by atoms with Crippen molar-refractivity contribution in [1.29, 1.82) is 0 Å². The van der Waals surface area contributed by atoms with E-state index in [1.807, 2.05) is 18.2 Å². The fourth-order valence-electron chi connectivity index (χ4n) is 2.63. The lowest BCUT2D eigenvalue weighted by Gasteiger charge is -2.19. The maximum Gasteiger partial charge on any atom is 0.271 e. The third kappa shape index (κ3) is 4.54. The molecule has 0 spiro atoms. The molecule has 1 aliphatic heterocycles. The summed E-state index contributed by atoms with van der Waals surface area (Å²) >= 11 is 0. The Hall–Kier alpha value is -3.22. The number of carbonyl (C=O) groups excluding carboxylic acids is 1. The summed E-state index contributed by atoms with van der Waals surface area (Å²) < 4.78 is 22.0. The Morgan fingerprint density at radius 2 is 1.75 bits per heavy atom. The van der Waals surface area contributed by atoms with Crippen LogP contribution in [0.2, 0.25) is 0 Å². The summed E-state index contributed by atoms with van der Waals surface area (Å²) in [5.41, 5.74) is 3.65. The van der Waals surface area contributed by atoms with Crippen molar-refractivity contribution in [2.45, 2.75) is 13.8 Å². The third-order valence-corrected chi connectivity index (χ3v) is 4.23. The molecule has 1 amide bonds. The SMILES string of the molecule is COc1ccc(C(=O)N/N=C\c2ccc3c(c2)OCC(C)(C)CO3)cc1OC. The second-order valence-electron chi connectivity index (χ2n) is 7.22. The van der Waals surface area contributed by atoms with Crippen LogP contribution in [0.3, 0.4) is 0 Å². The van der Waals surface area contributed by atoms with Crippen LogP contribution in [0.1, 0.15) is 29.8 Å². The molecule has 3 rings (SSSR count). The Bertz CT molecular complexity index is 892. The summed E-state index contributed by atoms with van der Waals surface area (Å²) in [6.45, 7) is 5.33. The lowest BCUT2D eigenvalue weighted by Crippen LogP contribution is -2.26. The van der Waals surface area contributed by atoms with Crippen LogP contribution in [-0.4, -0.2) is 39.6 Å². The van der Waals surface area contributed by atoms with E-state index in [0.717, 1.165) is 5.56 Å². The molecule has 7 heteroatoms. The molecule has 0 saturated heterocycles. The van der Waals surface area contributed by atoms with Crippen LogP contribution < -0.4 is 24.4 Å². The van der Waals surface area contributed by atoms with Crippen LogP contribution in [0.5, 0.6) is 23.0 Å². The molecule has 2 aromatic rings. The van der Waals surface area contributed by atoms with Gasteiger partial charge in [-0.25, -0.2) is 5.43 Å². The molecule has 28 heavy (non-hydrogen) atoms. The van der Waals surface area contributed by atoms with Crippen molar-refractivity contribution in [3.05, 3.63) is 47.5 Å². The molecule has 0 unspecified atom stereocenters. The number of nitrogens with one attached hydrogen (secondary N) is 1. The number of ether oxygens (including phenoxy) is 4. The van der Waals surface area contributed by atoms with Gasteiger partial charge in [-0.15, -0.1) is 0 Å². The molecule has 0 fully saturated rings. The highest BCUT2D eigenvalue weighted by atomic mass is 16.5. The minimum atomic E-state index is -0.353. The first-order chi connectivity index (χ1) is 13.4. The topological polar surface area (TPSA) is 78.4 Å². The zero-order chi connectivity index (χ0) is 20.1. The Labute approximate surface area is 164 Å². The van der Waals surface area contributed by atoms with Crippen LogP contribution in [-0.2, 0) is 0 Å². The third-order valence-electron chi connectivity index (χ3n) is 4.23. The van der Waals surface area contributed by atoms with Crippen molar-refractivity contribution in [3.63, 3.8) is 0 Å². The van der Waals surface area contributed by atoms with Crippen LogP contribution in [0.25, 0.3) is 0 Å². The molecule has 0 bridgehead atoms. The second-order valence-corrected chi connectivity index (χ2v) is 7.22. The molecule has 1 N–H and O–H groups in total. The lowest BCUT2D eigenvalue weighted by atomic mass is 9.97. The number of hydrogen-bond donors (Lipinski definition) is 1. The molecular formula is C21H24N2O5. The van der Waals surface area contributed by atoms with Gasteiger partial charge in [-0.2, -0.15) is 5.10 Å². The molecule has 0 radical (unpaired) electrons. The minimum absolute atomic E-state index is 0.0549. The quantitative estimate of drug-likeness (QED) is 0.632. The maximum absolute atomic E-state index is 12.3. The zero-order valence-corrected chi connectivity index (χ0v) is 16.4. The second kappa shape index (κ2) is 8.21. The molecule has 7 nitrogen and oxygen atoms in total. The van der Waals surface area contributed by atoms with Crippen molar-refractivity contribution in [3.8, 4) is 23.0 Å². The molecular weight excluding hydrogens is 360 g/mol. The van der Waals surface area contributed by atoms with Crippen molar-refractivity contribution in [1.82, 2.24) is 5.43 Å². The number of hydrogen-bond acceptors (Lipinski definition) is 6. The van der Waals surface area contributed by atoms with Gasteiger partial charge in [0.05, 0.1) is 33.6 Å². The van der Waals surface area contributed by atoms with Crippen molar-refractivity contribution in [2.24, 2.45) is 10.5 Å². The van der Waals surface area contributed by atoms with Crippen molar-refractivity contribution >= 4 is 12.1 Å². The fraction of sp³-hybridized carbons (Fsp3) is 0.333. The molecule has 0 saturated carbocycles. The zero-order valence-electron chi connectivity index (χ0n) is 16.4. The standard InChI is InChI=1S/C21H24N2O5/c1-21(2)12-27-17-7-5-14(9-19(17)28-13-21)11-22-23-20(24)15-6-8-16(25-3)18(10-15)26-4/h5-11H,12-13H2,1-4H3,(H,23,24)/b22-11-. The molecule has 0 aliphatic carbocycles. The van der Waals surface area contributed by atoms with Crippen LogP contribution in [0, 0.1) is 5.41 Å². The molecule has 1 heterocycles. The fourth-order valence-corrected chi connectivity index (χ4v) is 2.63. The Morgan fingerprint density at radius 1 is 1.04 bits per heavy atom.